The van der Waals surface area contributed by atoms with E-state index in [0.717, 1.165) is 16.0 Å². The van der Waals surface area contributed by atoms with Crippen LogP contribution >= 0.6 is 11.8 Å². The van der Waals surface area contributed by atoms with Gasteiger partial charge in [0, 0.05) is 17.2 Å². The molecule has 2 atom stereocenters. The average Bonchev–Trinajstić information content (AvgIpc) is 3.00. The van der Waals surface area contributed by atoms with Crippen LogP contribution in [0.1, 0.15) is 23.6 Å². The number of benzene rings is 1. The number of carbonyl (C=O) groups is 2. The van der Waals surface area contributed by atoms with Gasteiger partial charge in [0.25, 0.3) is 0 Å². The molecule has 136 valence electrons. The van der Waals surface area contributed by atoms with Crippen LogP contribution in [0.4, 0.5) is 0 Å². The zero-order valence-electron chi connectivity index (χ0n) is 14.8. The molecule has 3 rings (SSSR count). The third-order valence-electron chi connectivity index (χ3n) is 4.35. The van der Waals surface area contributed by atoms with E-state index in [0.29, 0.717) is 5.88 Å². The number of nitrogens with zero attached hydrogens (tertiary/aromatic N) is 1. The second-order valence-electron chi connectivity index (χ2n) is 6.11. The van der Waals surface area contributed by atoms with Crippen LogP contribution in [0.3, 0.4) is 0 Å². The van der Waals surface area contributed by atoms with Gasteiger partial charge in [-0.2, -0.15) is 0 Å². The standard InChI is InChI=1S/C19H20N2O4S/c1-12-4-6-14(7-5-12)26-19(18(23)25-3)11-15(22)21-17(19)13-8-9-20-16(10-13)24-2/h4-10,17H,11H2,1-3H3,(H,21,22). The summed E-state index contributed by atoms with van der Waals surface area (Å²) in [6.07, 6.45) is 1.63. The van der Waals surface area contributed by atoms with E-state index in [4.69, 9.17) is 9.47 Å². The Kier molecular flexibility index (Phi) is 5.18. The van der Waals surface area contributed by atoms with Crippen molar-refractivity contribution in [3.8, 4) is 5.88 Å². The highest BCUT2D eigenvalue weighted by Crippen LogP contribution is 2.49. The fraction of sp³-hybridized carbons (Fsp3) is 0.316. The van der Waals surface area contributed by atoms with E-state index in [1.54, 1.807) is 18.3 Å². The first kappa shape index (κ1) is 18.3. The number of hydrogen-bond acceptors (Lipinski definition) is 6. The molecule has 0 bridgehead atoms. The Morgan fingerprint density at radius 1 is 1.27 bits per heavy atom. The monoisotopic (exact) mass is 372 g/mol. The van der Waals surface area contributed by atoms with Gasteiger partial charge in [-0.05, 0) is 30.7 Å². The first-order valence-electron chi connectivity index (χ1n) is 8.12. The minimum absolute atomic E-state index is 0.0352. The molecule has 1 saturated heterocycles. The normalized spacial score (nSPS) is 22.0. The molecule has 0 radical (unpaired) electrons. The second-order valence-corrected chi connectivity index (χ2v) is 7.51. The molecule has 2 heterocycles. The fourth-order valence-electron chi connectivity index (χ4n) is 3.05. The summed E-state index contributed by atoms with van der Waals surface area (Å²) in [6, 6.07) is 10.8. The Balaban J connectivity index is 2.06. The summed E-state index contributed by atoms with van der Waals surface area (Å²) >= 11 is 1.34. The van der Waals surface area contributed by atoms with E-state index in [1.807, 2.05) is 31.2 Å². The molecule has 6 nitrogen and oxygen atoms in total. The molecule has 7 heteroatoms. The quantitative estimate of drug-likeness (QED) is 0.813. The lowest BCUT2D eigenvalue weighted by molar-refractivity contribution is -0.144. The van der Waals surface area contributed by atoms with Crippen molar-refractivity contribution in [2.45, 2.75) is 29.0 Å². The van der Waals surface area contributed by atoms with Gasteiger partial charge in [-0.1, -0.05) is 17.7 Å². The zero-order chi connectivity index (χ0) is 18.7. The van der Waals surface area contributed by atoms with Gasteiger partial charge >= 0.3 is 5.97 Å². The van der Waals surface area contributed by atoms with E-state index in [1.165, 1.54) is 26.0 Å². The molecule has 1 N–H and O–H groups in total. The fourth-order valence-corrected chi connectivity index (χ4v) is 4.43. The number of amides is 1. The van der Waals surface area contributed by atoms with Gasteiger partial charge in [0.1, 0.15) is 0 Å². The van der Waals surface area contributed by atoms with Crippen molar-refractivity contribution in [1.29, 1.82) is 0 Å². The van der Waals surface area contributed by atoms with Crippen LogP contribution in [-0.2, 0) is 14.3 Å². The first-order valence-corrected chi connectivity index (χ1v) is 8.93. The van der Waals surface area contributed by atoms with Crippen molar-refractivity contribution < 1.29 is 19.1 Å². The van der Waals surface area contributed by atoms with Crippen molar-refractivity contribution in [2.24, 2.45) is 0 Å². The van der Waals surface area contributed by atoms with Crippen LogP contribution in [-0.4, -0.2) is 35.8 Å². The number of rotatable bonds is 5. The third kappa shape index (κ3) is 3.39. The van der Waals surface area contributed by atoms with Gasteiger partial charge in [0.2, 0.25) is 11.8 Å². The number of ether oxygens (including phenoxy) is 2. The van der Waals surface area contributed by atoms with Crippen molar-refractivity contribution in [3.63, 3.8) is 0 Å². The SMILES string of the molecule is COC(=O)C1(Sc2ccc(C)cc2)CC(=O)NC1c1ccnc(OC)c1. The number of pyridine rings is 1. The molecule has 1 aliphatic heterocycles. The minimum atomic E-state index is -1.10. The lowest BCUT2D eigenvalue weighted by Gasteiger charge is -2.31. The highest BCUT2D eigenvalue weighted by molar-refractivity contribution is 8.01. The van der Waals surface area contributed by atoms with Crippen LogP contribution in [0.5, 0.6) is 5.88 Å². The third-order valence-corrected chi connectivity index (χ3v) is 5.77. The molecule has 1 aromatic carbocycles. The molecule has 2 unspecified atom stereocenters. The minimum Gasteiger partial charge on any atom is -0.481 e. The Labute approximate surface area is 156 Å². The van der Waals surface area contributed by atoms with Crippen LogP contribution in [0.25, 0.3) is 0 Å². The van der Waals surface area contributed by atoms with E-state index in [9.17, 15) is 9.59 Å². The molecule has 26 heavy (non-hydrogen) atoms. The number of thioether (sulfide) groups is 1. The number of carbonyl (C=O) groups excluding carboxylic acids is 2. The predicted octanol–water partition coefficient (Wildman–Crippen LogP) is 2.66. The van der Waals surface area contributed by atoms with E-state index >= 15 is 0 Å². The van der Waals surface area contributed by atoms with Gasteiger partial charge in [-0.25, -0.2) is 4.98 Å². The second kappa shape index (κ2) is 7.37. The number of aromatic nitrogens is 1. The maximum Gasteiger partial charge on any atom is 0.325 e. The molecular weight excluding hydrogens is 352 g/mol. The summed E-state index contributed by atoms with van der Waals surface area (Å²) < 4.78 is 9.17. The Hall–Kier alpha value is -2.54. The van der Waals surface area contributed by atoms with Crippen LogP contribution in [0.2, 0.25) is 0 Å². The molecule has 1 aromatic heterocycles. The molecule has 0 aliphatic carbocycles. The first-order chi connectivity index (χ1) is 12.5. The molecule has 0 saturated carbocycles. The Bertz CT molecular complexity index is 825. The van der Waals surface area contributed by atoms with Gasteiger partial charge in [-0.3, -0.25) is 9.59 Å². The van der Waals surface area contributed by atoms with Gasteiger partial charge in [0.15, 0.2) is 4.75 Å². The molecule has 0 spiro atoms. The highest BCUT2D eigenvalue weighted by Gasteiger charge is 2.55. The number of aryl methyl sites for hydroxylation is 1. The molecular formula is C19H20N2O4S. The number of hydrogen-bond donors (Lipinski definition) is 1. The van der Waals surface area contributed by atoms with Gasteiger partial charge < -0.3 is 14.8 Å². The zero-order valence-corrected chi connectivity index (χ0v) is 15.6. The Morgan fingerprint density at radius 3 is 2.65 bits per heavy atom. The summed E-state index contributed by atoms with van der Waals surface area (Å²) in [6.45, 7) is 2.00. The van der Waals surface area contributed by atoms with Crippen LogP contribution < -0.4 is 10.1 Å². The van der Waals surface area contributed by atoms with E-state index in [2.05, 4.69) is 10.3 Å². The van der Waals surface area contributed by atoms with Crippen molar-refractivity contribution >= 4 is 23.6 Å². The summed E-state index contributed by atoms with van der Waals surface area (Å²) in [5.74, 6) is -0.222. The smallest absolute Gasteiger partial charge is 0.325 e. The van der Waals surface area contributed by atoms with Gasteiger partial charge in [-0.15, -0.1) is 11.8 Å². The largest absolute Gasteiger partial charge is 0.481 e. The number of nitrogens with one attached hydrogen (secondary N) is 1. The lowest BCUT2D eigenvalue weighted by Crippen LogP contribution is -2.41. The molecule has 2 aromatic rings. The molecule has 1 fully saturated rings. The maximum absolute atomic E-state index is 12.8. The summed E-state index contributed by atoms with van der Waals surface area (Å²) in [7, 11) is 2.86. The average molecular weight is 372 g/mol. The van der Waals surface area contributed by atoms with Crippen molar-refractivity contribution in [3.05, 3.63) is 53.7 Å². The topological polar surface area (TPSA) is 77.5 Å². The predicted molar refractivity (Wildman–Crippen MR) is 98.1 cm³/mol. The van der Waals surface area contributed by atoms with Gasteiger partial charge in [0.05, 0.1) is 26.7 Å². The molecule has 1 amide bonds. The van der Waals surface area contributed by atoms with E-state index in [-0.39, 0.29) is 12.3 Å². The maximum atomic E-state index is 12.8. The van der Waals surface area contributed by atoms with Crippen molar-refractivity contribution in [1.82, 2.24) is 10.3 Å². The van der Waals surface area contributed by atoms with Crippen molar-refractivity contribution in [2.75, 3.05) is 14.2 Å². The van der Waals surface area contributed by atoms with Crippen LogP contribution in [0.15, 0.2) is 47.5 Å². The summed E-state index contributed by atoms with van der Waals surface area (Å²) in [5.41, 5.74) is 1.87. The van der Waals surface area contributed by atoms with E-state index < -0.39 is 16.8 Å². The summed E-state index contributed by atoms with van der Waals surface area (Å²) in [4.78, 5) is 30.1. The number of methoxy groups -OCH3 is 2. The number of esters is 1. The molecule has 1 aliphatic rings. The summed E-state index contributed by atoms with van der Waals surface area (Å²) in [5, 5.41) is 2.92. The highest BCUT2D eigenvalue weighted by atomic mass is 32.2. The van der Waals surface area contributed by atoms with Crippen LogP contribution in [0, 0.1) is 6.92 Å². The lowest BCUT2D eigenvalue weighted by atomic mass is 9.93. The Morgan fingerprint density at radius 2 is 2.00 bits per heavy atom.